The number of ether oxygens (including phenoxy) is 1. The third-order valence-electron chi connectivity index (χ3n) is 2.23. The maximum atomic E-state index is 12.4. The number of alkyl halides is 2. The fourth-order valence-corrected chi connectivity index (χ4v) is 1.27. The summed E-state index contributed by atoms with van der Waals surface area (Å²) >= 11 is 0. The van der Waals surface area contributed by atoms with Crippen LogP contribution in [-0.4, -0.2) is 7.11 Å². The van der Waals surface area contributed by atoms with Crippen molar-refractivity contribution in [1.82, 2.24) is 0 Å². The van der Waals surface area contributed by atoms with Gasteiger partial charge in [0.25, 0.3) is 6.43 Å². The van der Waals surface area contributed by atoms with E-state index in [0.29, 0.717) is 11.3 Å². The summed E-state index contributed by atoms with van der Waals surface area (Å²) in [4.78, 5) is 0. The van der Waals surface area contributed by atoms with Crippen LogP contribution in [0.25, 0.3) is 0 Å². The number of halogens is 2. The highest BCUT2D eigenvalue weighted by Gasteiger charge is 2.13. The molecule has 0 aliphatic carbocycles. The second-order valence-corrected chi connectivity index (χ2v) is 2.91. The number of hydrogen-bond donors (Lipinski definition) is 0. The second-order valence-electron chi connectivity index (χ2n) is 2.91. The van der Waals surface area contributed by atoms with E-state index < -0.39 is 6.43 Å². The van der Waals surface area contributed by atoms with Gasteiger partial charge in [0.2, 0.25) is 0 Å². The molecule has 0 saturated heterocycles. The van der Waals surface area contributed by atoms with Crippen LogP contribution in [0.1, 0.15) is 23.1 Å². The Kier molecular flexibility index (Phi) is 2.86. The number of rotatable bonds is 2. The largest absolute Gasteiger partial charge is 0.496 e. The van der Waals surface area contributed by atoms with E-state index in [0.717, 1.165) is 5.56 Å². The highest BCUT2D eigenvalue weighted by Crippen LogP contribution is 2.29. The number of hydrogen-bond acceptors (Lipinski definition) is 1. The molecule has 0 amide bonds. The molecular weight excluding hydrogens is 174 g/mol. The zero-order valence-electron chi connectivity index (χ0n) is 7.90. The molecule has 0 aliphatic heterocycles. The highest BCUT2D eigenvalue weighted by atomic mass is 19.3. The average molecular weight is 186 g/mol. The summed E-state index contributed by atoms with van der Waals surface area (Å²) in [5, 5.41) is 0. The molecule has 1 aromatic carbocycles. The minimum atomic E-state index is -2.41. The van der Waals surface area contributed by atoms with Crippen LogP contribution >= 0.6 is 0 Å². The third-order valence-corrected chi connectivity index (χ3v) is 2.23. The molecular formula is C10H12F2O. The van der Waals surface area contributed by atoms with Gasteiger partial charge >= 0.3 is 0 Å². The molecule has 0 unspecified atom stereocenters. The van der Waals surface area contributed by atoms with Crippen molar-refractivity contribution in [3.8, 4) is 5.75 Å². The van der Waals surface area contributed by atoms with Crippen molar-refractivity contribution in [2.24, 2.45) is 0 Å². The van der Waals surface area contributed by atoms with Crippen LogP contribution < -0.4 is 4.74 Å². The molecule has 13 heavy (non-hydrogen) atoms. The summed E-state index contributed by atoms with van der Waals surface area (Å²) in [6.45, 7) is 3.46. The topological polar surface area (TPSA) is 9.23 Å². The molecule has 0 radical (unpaired) electrons. The van der Waals surface area contributed by atoms with Crippen LogP contribution in [0, 0.1) is 13.8 Å². The van der Waals surface area contributed by atoms with Crippen molar-refractivity contribution in [2.75, 3.05) is 7.11 Å². The quantitative estimate of drug-likeness (QED) is 0.688. The lowest BCUT2D eigenvalue weighted by molar-refractivity contribution is 0.150. The SMILES string of the molecule is COc1ccc(C(F)F)c(C)c1C. The number of methoxy groups -OCH3 is 1. The van der Waals surface area contributed by atoms with Crippen LogP contribution in [0.2, 0.25) is 0 Å². The number of benzene rings is 1. The van der Waals surface area contributed by atoms with E-state index in [1.165, 1.54) is 13.2 Å². The summed E-state index contributed by atoms with van der Waals surface area (Å²) < 4.78 is 29.8. The van der Waals surface area contributed by atoms with Gasteiger partial charge in [0.15, 0.2) is 0 Å². The van der Waals surface area contributed by atoms with Crippen molar-refractivity contribution in [1.29, 1.82) is 0 Å². The normalized spacial score (nSPS) is 10.6. The van der Waals surface area contributed by atoms with E-state index in [-0.39, 0.29) is 5.56 Å². The van der Waals surface area contributed by atoms with Gasteiger partial charge in [-0.05, 0) is 37.1 Å². The Hall–Kier alpha value is -1.12. The molecule has 0 fully saturated rings. The Morgan fingerprint density at radius 3 is 2.23 bits per heavy atom. The fourth-order valence-electron chi connectivity index (χ4n) is 1.27. The molecule has 0 N–H and O–H groups in total. The molecule has 0 atom stereocenters. The first-order valence-corrected chi connectivity index (χ1v) is 4.00. The second kappa shape index (κ2) is 3.73. The van der Waals surface area contributed by atoms with Crippen LogP contribution in [0.3, 0.4) is 0 Å². The van der Waals surface area contributed by atoms with Crippen molar-refractivity contribution in [3.63, 3.8) is 0 Å². The van der Waals surface area contributed by atoms with Gasteiger partial charge in [0.1, 0.15) is 5.75 Å². The highest BCUT2D eigenvalue weighted by molar-refractivity contribution is 5.43. The summed E-state index contributed by atoms with van der Waals surface area (Å²) in [7, 11) is 1.53. The smallest absolute Gasteiger partial charge is 0.264 e. The van der Waals surface area contributed by atoms with Crippen LogP contribution in [0.5, 0.6) is 5.75 Å². The zero-order valence-corrected chi connectivity index (χ0v) is 7.90. The molecule has 0 aromatic heterocycles. The molecule has 0 aliphatic rings. The lowest BCUT2D eigenvalue weighted by atomic mass is 10.0. The van der Waals surface area contributed by atoms with E-state index >= 15 is 0 Å². The predicted octanol–water partition coefficient (Wildman–Crippen LogP) is 3.25. The first-order chi connectivity index (χ1) is 6.07. The van der Waals surface area contributed by atoms with Gasteiger partial charge in [0, 0.05) is 5.56 Å². The van der Waals surface area contributed by atoms with Crippen molar-refractivity contribution in [2.45, 2.75) is 20.3 Å². The first-order valence-electron chi connectivity index (χ1n) is 4.00. The minimum absolute atomic E-state index is 0.0818. The van der Waals surface area contributed by atoms with Gasteiger partial charge in [0.05, 0.1) is 7.11 Å². The van der Waals surface area contributed by atoms with Gasteiger partial charge in [-0.3, -0.25) is 0 Å². The van der Waals surface area contributed by atoms with Gasteiger partial charge in [-0.25, -0.2) is 8.78 Å². The molecule has 1 nitrogen and oxygen atoms in total. The predicted molar refractivity (Wildman–Crippen MR) is 47.4 cm³/mol. The van der Waals surface area contributed by atoms with E-state index in [2.05, 4.69) is 0 Å². The Morgan fingerprint density at radius 2 is 1.77 bits per heavy atom. The first kappa shape index (κ1) is 9.96. The molecule has 0 saturated carbocycles. The Balaban J connectivity index is 3.23. The molecule has 0 spiro atoms. The van der Waals surface area contributed by atoms with E-state index in [9.17, 15) is 8.78 Å². The van der Waals surface area contributed by atoms with Gasteiger partial charge in [-0.15, -0.1) is 0 Å². The molecule has 0 heterocycles. The summed E-state index contributed by atoms with van der Waals surface area (Å²) in [5.41, 5.74) is 1.47. The maximum Gasteiger partial charge on any atom is 0.264 e. The lowest BCUT2D eigenvalue weighted by Gasteiger charge is -2.11. The Labute approximate surface area is 76.3 Å². The third kappa shape index (κ3) is 1.79. The lowest BCUT2D eigenvalue weighted by Crippen LogP contribution is -1.95. The summed E-state index contributed by atoms with van der Waals surface area (Å²) in [6.07, 6.45) is -2.41. The molecule has 1 aromatic rings. The molecule has 72 valence electrons. The monoisotopic (exact) mass is 186 g/mol. The average Bonchev–Trinajstić information content (AvgIpc) is 2.09. The standard InChI is InChI=1S/C10H12F2O/c1-6-7(2)9(13-3)5-4-8(6)10(11)12/h4-5,10H,1-3H3. The van der Waals surface area contributed by atoms with E-state index in [1.807, 2.05) is 0 Å². The molecule has 0 bridgehead atoms. The van der Waals surface area contributed by atoms with Crippen molar-refractivity contribution in [3.05, 3.63) is 28.8 Å². The zero-order chi connectivity index (χ0) is 10.0. The van der Waals surface area contributed by atoms with Crippen molar-refractivity contribution < 1.29 is 13.5 Å². The van der Waals surface area contributed by atoms with Gasteiger partial charge < -0.3 is 4.74 Å². The van der Waals surface area contributed by atoms with Crippen LogP contribution in [0.15, 0.2) is 12.1 Å². The van der Waals surface area contributed by atoms with E-state index in [1.54, 1.807) is 19.9 Å². The Morgan fingerprint density at radius 1 is 1.15 bits per heavy atom. The maximum absolute atomic E-state index is 12.4. The Bertz CT molecular complexity index is 308. The van der Waals surface area contributed by atoms with Crippen molar-refractivity contribution >= 4 is 0 Å². The fraction of sp³-hybridized carbons (Fsp3) is 0.400. The van der Waals surface area contributed by atoms with Crippen LogP contribution in [-0.2, 0) is 0 Å². The van der Waals surface area contributed by atoms with Crippen LogP contribution in [0.4, 0.5) is 8.78 Å². The minimum Gasteiger partial charge on any atom is -0.496 e. The molecule has 3 heteroatoms. The van der Waals surface area contributed by atoms with E-state index in [4.69, 9.17) is 4.74 Å². The summed E-state index contributed by atoms with van der Waals surface area (Å²) in [5.74, 6) is 0.655. The summed E-state index contributed by atoms with van der Waals surface area (Å²) in [6, 6.07) is 2.98. The van der Waals surface area contributed by atoms with Gasteiger partial charge in [-0.2, -0.15) is 0 Å². The van der Waals surface area contributed by atoms with Gasteiger partial charge in [-0.1, -0.05) is 0 Å². The molecule has 1 rings (SSSR count).